The maximum absolute atomic E-state index is 12.8. The molecular weight excluding hydrogens is 306 g/mol. The fraction of sp³-hybridized carbons (Fsp3) is 0.526. The van der Waals surface area contributed by atoms with Gasteiger partial charge >= 0.3 is 5.97 Å². The van der Waals surface area contributed by atoms with E-state index in [9.17, 15) is 14.4 Å². The molecule has 0 N–H and O–H groups in total. The van der Waals surface area contributed by atoms with E-state index >= 15 is 0 Å². The topological polar surface area (TPSA) is 63.7 Å². The van der Waals surface area contributed by atoms with Gasteiger partial charge in [0.15, 0.2) is 0 Å². The largest absolute Gasteiger partial charge is 0.459 e. The third-order valence-electron chi connectivity index (χ3n) is 5.61. The van der Waals surface area contributed by atoms with Crippen molar-refractivity contribution < 1.29 is 19.1 Å². The molecule has 4 rings (SSSR count). The van der Waals surface area contributed by atoms with Crippen LogP contribution in [0.25, 0.3) is 0 Å². The maximum atomic E-state index is 12.8. The van der Waals surface area contributed by atoms with Crippen LogP contribution in [0.2, 0.25) is 0 Å². The van der Waals surface area contributed by atoms with Crippen molar-refractivity contribution in [3.05, 3.63) is 29.8 Å². The molecule has 4 atom stereocenters. The van der Waals surface area contributed by atoms with Crippen LogP contribution in [0, 0.1) is 23.7 Å². The predicted molar refractivity (Wildman–Crippen MR) is 87.3 cm³/mol. The van der Waals surface area contributed by atoms with Crippen LogP contribution in [0.15, 0.2) is 24.3 Å². The zero-order valence-electron chi connectivity index (χ0n) is 13.9. The van der Waals surface area contributed by atoms with Gasteiger partial charge in [0.25, 0.3) is 0 Å². The molecule has 0 aromatic heterocycles. The van der Waals surface area contributed by atoms with E-state index < -0.39 is 5.97 Å². The molecule has 126 valence electrons. The molecule has 1 aromatic rings. The van der Waals surface area contributed by atoms with Crippen LogP contribution < -0.4 is 4.90 Å². The average molecular weight is 327 g/mol. The molecule has 0 unspecified atom stereocenters. The molecular formula is C19H21NO4. The summed E-state index contributed by atoms with van der Waals surface area (Å²) < 4.78 is 5.20. The highest BCUT2D eigenvalue weighted by atomic mass is 16.5. The molecule has 0 radical (unpaired) electrons. The van der Waals surface area contributed by atoms with Crippen LogP contribution in [-0.2, 0) is 14.3 Å². The molecule has 2 bridgehead atoms. The van der Waals surface area contributed by atoms with Gasteiger partial charge < -0.3 is 4.74 Å². The number of carbonyl (C=O) groups is 3. The van der Waals surface area contributed by atoms with E-state index in [4.69, 9.17) is 4.74 Å². The van der Waals surface area contributed by atoms with E-state index in [0.717, 1.165) is 19.3 Å². The first-order chi connectivity index (χ1) is 11.5. The lowest BCUT2D eigenvalue weighted by Crippen LogP contribution is -2.32. The number of fused-ring (bicyclic) bond motifs is 5. The Balaban J connectivity index is 1.64. The van der Waals surface area contributed by atoms with Crippen molar-refractivity contribution in [2.75, 3.05) is 4.90 Å². The van der Waals surface area contributed by atoms with Crippen LogP contribution >= 0.6 is 0 Å². The summed E-state index contributed by atoms with van der Waals surface area (Å²) in [5, 5.41) is 0. The molecule has 5 nitrogen and oxygen atoms in total. The van der Waals surface area contributed by atoms with Gasteiger partial charge in [-0.15, -0.1) is 0 Å². The summed E-state index contributed by atoms with van der Waals surface area (Å²) in [7, 11) is 0. The minimum Gasteiger partial charge on any atom is -0.459 e. The van der Waals surface area contributed by atoms with Gasteiger partial charge in [-0.3, -0.25) is 14.5 Å². The Morgan fingerprint density at radius 3 is 2.33 bits per heavy atom. The Morgan fingerprint density at radius 2 is 1.75 bits per heavy atom. The number of nitrogens with zero attached hydrogens (tertiary/aromatic N) is 1. The molecule has 1 heterocycles. The molecule has 1 saturated heterocycles. The van der Waals surface area contributed by atoms with Gasteiger partial charge in [0.2, 0.25) is 11.8 Å². The first-order valence-electron chi connectivity index (χ1n) is 8.66. The fourth-order valence-electron chi connectivity index (χ4n) is 4.72. The van der Waals surface area contributed by atoms with E-state index in [-0.39, 0.29) is 29.8 Å². The van der Waals surface area contributed by atoms with Crippen LogP contribution in [0.5, 0.6) is 0 Å². The summed E-state index contributed by atoms with van der Waals surface area (Å²) in [4.78, 5) is 39.1. The van der Waals surface area contributed by atoms with E-state index in [1.165, 1.54) is 4.90 Å². The number of ether oxygens (including phenoxy) is 1. The molecule has 24 heavy (non-hydrogen) atoms. The third-order valence-corrected chi connectivity index (χ3v) is 5.61. The normalized spacial score (nSPS) is 31.0. The van der Waals surface area contributed by atoms with Gasteiger partial charge in [-0.2, -0.15) is 0 Å². The Bertz CT molecular complexity index is 698. The van der Waals surface area contributed by atoms with Crippen molar-refractivity contribution in [2.45, 2.75) is 39.2 Å². The number of anilines is 1. The lowest BCUT2D eigenvalue weighted by Gasteiger charge is -2.19. The number of benzene rings is 1. The van der Waals surface area contributed by atoms with Crippen LogP contribution in [0.3, 0.4) is 0 Å². The molecule has 0 spiro atoms. The van der Waals surface area contributed by atoms with Gasteiger partial charge in [0, 0.05) is 0 Å². The lowest BCUT2D eigenvalue weighted by atomic mass is 9.81. The second kappa shape index (κ2) is 5.43. The first-order valence-corrected chi connectivity index (χ1v) is 8.66. The van der Waals surface area contributed by atoms with Crippen LogP contribution in [0.4, 0.5) is 5.69 Å². The average Bonchev–Trinajstić information content (AvgIpc) is 3.21. The summed E-state index contributed by atoms with van der Waals surface area (Å²) in [6.45, 7) is 3.57. The quantitative estimate of drug-likeness (QED) is 0.632. The number of carbonyl (C=O) groups excluding carboxylic acids is 3. The molecule has 5 heteroatoms. The predicted octanol–water partition coefficient (Wildman–Crippen LogP) is 2.79. The zero-order valence-corrected chi connectivity index (χ0v) is 13.9. The second-order valence-electron chi connectivity index (χ2n) is 7.40. The van der Waals surface area contributed by atoms with Crippen molar-refractivity contribution in [3.63, 3.8) is 0 Å². The second-order valence-corrected chi connectivity index (χ2v) is 7.40. The van der Waals surface area contributed by atoms with E-state index in [0.29, 0.717) is 23.1 Å². The zero-order chi connectivity index (χ0) is 17.0. The number of hydrogen-bond donors (Lipinski definition) is 0. The fourth-order valence-corrected chi connectivity index (χ4v) is 4.72. The molecule has 2 amide bonds. The smallest absolute Gasteiger partial charge is 0.338 e. The van der Waals surface area contributed by atoms with Gasteiger partial charge in [-0.05, 0) is 63.1 Å². The first kappa shape index (κ1) is 15.4. The van der Waals surface area contributed by atoms with Gasteiger partial charge in [-0.25, -0.2) is 4.79 Å². The van der Waals surface area contributed by atoms with Gasteiger partial charge in [0.05, 0.1) is 29.2 Å². The number of amides is 2. The molecule has 3 fully saturated rings. The highest BCUT2D eigenvalue weighted by Gasteiger charge is 2.61. The number of esters is 1. The van der Waals surface area contributed by atoms with Crippen molar-refractivity contribution in [2.24, 2.45) is 23.7 Å². The highest BCUT2D eigenvalue weighted by Crippen LogP contribution is 2.56. The van der Waals surface area contributed by atoms with Crippen LogP contribution in [-0.4, -0.2) is 23.9 Å². The summed E-state index contributed by atoms with van der Waals surface area (Å²) in [6.07, 6.45) is 2.91. The number of imide groups is 1. The van der Waals surface area contributed by atoms with E-state index in [1.54, 1.807) is 38.1 Å². The monoisotopic (exact) mass is 327 g/mol. The summed E-state index contributed by atoms with van der Waals surface area (Å²) in [5.41, 5.74) is 0.846. The summed E-state index contributed by atoms with van der Waals surface area (Å²) >= 11 is 0. The summed E-state index contributed by atoms with van der Waals surface area (Å²) in [6, 6.07) is 6.63. The van der Waals surface area contributed by atoms with Crippen molar-refractivity contribution >= 4 is 23.5 Å². The summed E-state index contributed by atoms with van der Waals surface area (Å²) in [5.74, 6) is -0.208. The highest BCUT2D eigenvalue weighted by molar-refractivity contribution is 6.22. The molecule has 1 aromatic carbocycles. The Labute approximate surface area is 141 Å². The van der Waals surface area contributed by atoms with E-state index in [2.05, 4.69) is 0 Å². The van der Waals surface area contributed by atoms with Crippen LogP contribution in [0.1, 0.15) is 43.5 Å². The Kier molecular flexibility index (Phi) is 3.48. The Hall–Kier alpha value is -2.17. The minimum absolute atomic E-state index is 0.0911. The molecule has 2 saturated carbocycles. The van der Waals surface area contributed by atoms with Gasteiger partial charge in [0.1, 0.15) is 0 Å². The SMILES string of the molecule is CC(C)OC(=O)c1cccc(N2C(=O)[C@@H]3[C@H]4CC[C@@H](C4)[C@@H]3C2=O)c1. The lowest BCUT2D eigenvalue weighted by molar-refractivity contribution is -0.123. The molecule has 2 aliphatic carbocycles. The van der Waals surface area contributed by atoms with E-state index in [1.807, 2.05) is 0 Å². The molecule has 3 aliphatic rings. The molecule has 1 aliphatic heterocycles. The van der Waals surface area contributed by atoms with Crippen molar-refractivity contribution in [1.29, 1.82) is 0 Å². The number of rotatable bonds is 3. The Morgan fingerprint density at radius 1 is 1.12 bits per heavy atom. The number of hydrogen-bond acceptors (Lipinski definition) is 4. The third kappa shape index (κ3) is 2.18. The minimum atomic E-state index is -0.439. The van der Waals surface area contributed by atoms with Gasteiger partial charge in [-0.1, -0.05) is 6.07 Å². The van der Waals surface area contributed by atoms with Crippen molar-refractivity contribution in [3.8, 4) is 0 Å². The standard InChI is InChI=1S/C19H21NO4/c1-10(2)24-19(23)13-4-3-5-14(9-13)20-17(21)15-11-6-7-12(8-11)16(15)18(20)22/h3-5,9-12,15-16H,6-8H2,1-2H3/t11-,12-,15-,16+/m0/s1. The maximum Gasteiger partial charge on any atom is 0.338 e. The van der Waals surface area contributed by atoms with Crippen molar-refractivity contribution in [1.82, 2.24) is 0 Å².